The minimum absolute atomic E-state index is 0.124. The summed E-state index contributed by atoms with van der Waals surface area (Å²) >= 11 is 2.76. The molecule has 6 nitrogen and oxygen atoms in total. The van der Waals surface area contributed by atoms with E-state index in [2.05, 4.69) is 15.3 Å². The van der Waals surface area contributed by atoms with Crippen LogP contribution < -0.4 is 10.1 Å². The van der Waals surface area contributed by atoms with Gasteiger partial charge in [0.1, 0.15) is 5.75 Å². The molecule has 0 bridgehead atoms. The van der Waals surface area contributed by atoms with E-state index in [1.54, 1.807) is 13.3 Å². The van der Waals surface area contributed by atoms with Gasteiger partial charge in [0.25, 0.3) is 0 Å². The highest BCUT2D eigenvalue weighted by molar-refractivity contribution is 7.99. The first-order valence-electron chi connectivity index (χ1n) is 8.85. The smallest absolute Gasteiger partial charge is 0.236 e. The quantitative estimate of drug-likeness (QED) is 0.436. The number of rotatable bonds is 7. The average molecular weight is 423 g/mol. The van der Waals surface area contributed by atoms with Crippen molar-refractivity contribution >= 4 is 34.1 Å². The number of hydrogen-bond acceptors (Lipinski definition) is 6. The Morgan fingerprint density at radius 1 is 1.14 bits per heavy atom. The minimum atomic E-state index is -0.124. The number of benzene rings is 2. The van der Waals surface area contributed by atoms with Gasteiger partial charge in [0.15, 0.2) is 10.3 Å². The summed E-state index contributed by atoms with van der Waals surface area (Å²) in [6.45, 7) is 0. The summed E-state index contributed by atoms with van der Waals surface area (Å²) < 4.78 is 7.59. The van der Waals surface area contributed by atoms with Gasteiger partial charge in [-0.05, 0) is 12.1 Å². The van der Waals surface area contributed by atoms with E-state index in [0.29, 0.717) is 10.3 Å². The number of thiazole rings is 1. The van der Waals surface area contributed by atoms with Crippen molar-refractivity contribution in [3.63, 3.8) is 0 Å². The van der Waals surface area contributed by atoms with Crippen LogP contribution in [0.3, 0.4) is 0 Å². The normalized spacial score (nSPS) is 10.7. The van der Waals surface area contributed by atoms with Gasteiger partial charge < -0.3 is 10.1 Å². The van der Waals surface area contributed by atoms with E-state index in [1.807, 2.05) is 70.7 Å². The average Bonchev–Trinajstić information content (AvgIpc) is 3.42. The number of para-hydroxylation sites is 2. The number of anilines is 1. The molecule has 2 heterocycles. The van der Waals surface area contributed by atoms with E-state index in [9.17, 15) is 4.79 Å². The van der Waals surface area contributed by atoms with Crippen LogP contribution in [-0.2, 0) is 4.79 Å². The second-order valence-corrected chi connectivity index (χ2v) is 7.81. The second kappa shape index (κ2) is 8.93. The number of amides is 1. The Labute approximate surface area is 176 Å². The molecule has 0 spiro atoms. The number of carbonyl (C=O) groups excluding carboxylic acids is 1. The number of ether oxygens (including phenoxy) is 1. The largest absolute Gasteiger partial charge is 0.495 e. The fraction of sp³-hybridized carbons (Fsp3) is 0.0952. The van der Waals surface area contributed by atoms with Crippen LogP contribution in [0.2, 0.25) is 0 Å². The van der Waals surface area contributed by atoms with Gasteiger partial charge in [-0.1, -0.05) is 54.2 Å². The molecule has 4 aromatic rings. The molecule has 0 radical (unpaired) electrons. The summed E-state index contributed by atoms with van der Waals surface area (Å²) in [5.41, 5.74) is 2.83. The van der Waals surface area contributed by atoms with Crippen LogP contribution in [0.15, 0.2) is 77.5 Å². The zero-order valence-electron chi connectivity index (χ0n) is 15.6. The van der Waals surface area contributed by atoms with Gasteiger partial charge in [-0.2, -0.15) is 0 Å². The predicted octanol–water partition coefficient (Wildman–Crippen LogP) is 4.74. The fourth-order valence-corrected chi connectivity index (χ4v) is 4.20. The summed E-state index contributed by atoms with van der Waals surface area (Å²) in [5.74, 6) is 0.831. The van der Waals surface area contributed by atoms with Crippen LogP contribution in [0.25, 0.3) is 16.9 Å². The molecule has 0 saturated heterocycles. The highest BCUT2D eigenvalue weighted by atomic mass is 32.2. The molecule has 0 aliphatic carbocycles. The third kappa shape index (κ3) is 4.33. The van der Waals surface area contributed by atoms with Gasteiger partial charge in [0, 0.05) is 17.1 Å². The Morgan fingerprint density at radius 3 is 2.69 bits per heavy atom. The van der Waals surface area contributed by atoms with Crippen LogP contribution in [0.5, 0.6) is 5.75 Å². The van der Waals surface area contributed by atoms with Crippen molar-refractivity contribution in [2.45, 2.75) is 5.16 Å². The maximum atomic E-state index is 12.3. The topological polar surface area (TPSA) is 69.0 Å². The zero-order chi connectivity index (χ0) is 20.1. The lowest BCUT2D eigenvalue weighted by molar-refractivity contribution is -0.113. The van der Waals surface area contributed by atoms with E-state index in [-0.39, 0.29) is 11.7 Å². The highest BCUT2D eigenvalue weighted by Gasteiger charge is 2.18. The lowest BCUT2D eigenvalue weighted by Crippen LogP contribution is -2.14. The fourth-order valence-electron chi connectivity index (χ4n) is 2.87. The number of carbonyl (C=O) groups is 1. The number of nitrogens with one attached hydrogen (secondary N) is 1. The van der Waals surface area contributed by atoms with Crippen LogP contribution >= 0.6 is 23.1 Å². The van der Waals surface area contributed by atoms with Crippen molar-refractivity contribution in [3.8, 4) is 22.7 Å². The van der Waals surface area contributed by atoms with Crippen LogP contribution in [0.1, 0.15) is 0 Å². The summed E-state index contributed by atoms with van der Waals surface area (Å²) in [4.78, 5) is 21.0. The second-order valence-electron chi connectivity index (χ2n) is 5.97. The molecule has 8 heteroatoms. The van der Waals surface area contributed by atoms with Gasteiger partial charge in [-0.15, -0.1) is 11.3 Å². The van der Waals surface area contributed by atoms with Crippen LogP contribution in [0, 0.1) is 0 Å². The van der Waals surface area contributed by atoms with Crippen LogP contribution in [-0.4, -0.2) is 33.3 Å². The van der Waals surface area contributed by atoms with E-state index >= 15 is 0 Å². The van der Waals surface area contributed by atoms with E-state index < -0.39 is 0 Å². The number of thioether (sulfide) groups is 1. The summed E-state index contributed by atoms with van der Waals surface area (Å²) in [6.07, 6.45) is 3.48. The number of methoxy groups -OCH3 is 1. The molecule has 146 valence electrons. The Bertz CT molecular complexity index is 1100. The van der Waals surface area contributed by atoms with E-state index in [1.165, 1.54) is 23.1 Å². The highest BCUT2D eigenvalue weighted by Crippen LogP contribution is 2.33. The Kier molecular flexibility index (Phi) is 5.92. The van der Waals surface area contributed by atoms with Crippen molar-refractivity contribution in [2.75, 3.05) is 18.2 Å². The molecule has 2 aromatic heterocycles. The Balaban J connectivity index is 1.67. The lowest BCUT2D eigenvalue weighted by Gasteiger charge is -2.15. The van der Waals surface area contributed by atoms with Gasteiger partial charge in [-0.3, -0.25) is 9.36 Å². The summed E-state index contributed by atoms with van der Waals surface area (Å²) in [5, 5.41) is 5.92. The Morgan fingerprint density at radius 2 is 1.93 bits per heavy atom. The molecule has 1 N–H and O–H groups in total. The van der Waals surface area contributed by atoms with Crippen molar-refractivity contribution in [3.05, 3.63) is 72.4 Å². The molecule has 29 heavy (non-hydrogen) atoms. The van der Waals surface area contributed by atoms with Crippen molar-refractivity contribution in [1.82, 2.24) is 14.5 Å². The minimum Gasteiger partial charge on any atom is -0.495 e. The molecule has 0 fully saturated rings. The number of hydrogen-bond donors (Lipinski definition) is 1. The molecule has 1 amide bonds. The van der Waals surface area contributed by atoms with Crippen LogP contribution in [0.4, 0.5) is 5.13 Å². The molecule has 0 saturated carbocycles. The predicted molar refractivity (Wildman–Crippen MR) is 117 cm³/mol. The Hall–Kier alpha value is -3.10. The maximum absolute atomic E-state index is 12.3. The van der Waals surface area contributed by atoms with E-state index in [0.717, 1.165) is 22.7 Å². The maximum Gasteiger partial charge on any atom is 0.236 e. The van der Waals surface area contributed by atoms with Gasteiger partial charge in [0.05, 0.1) is 30.4 Å². The standard InChI is InChI=1S/C21H18N4O2S2/c1-27-18-10-6-5-9-16(18)25-17(15-7-3-2-4-8-15)13-23-21(25)29-14-19(26)24-20-22-11-12-28-20/h2-13H,14H2,1H3,(H,22,24,26). The van der Waals surface area contributed by atoms with Gasteiger partial charge in [0.2, 0.25) is 5.91 Å². The first-order valence-corrected chi connectivity index (χ1v) is 10.7. The molecule has 0 aliphatic rings. The molecule has 0 unspecified atom stereocenters. The van der Waals surface area contributed by atoms with E-state index in [4.69, 9.17) is 4.74 Å². The van der Waals surface area contributed by atoms with Crippen molar-refractivity contribution < 1.29 is 9.53 Å². The summed E-state index contributed by atoms with van der Waals surface area (Å²) in [7, 11) is 1.65. The first-order chi connectivity index (χ1) is 14.3. The molecule has 0 atom stereocenters. The number of nitrogens with zero attached hydrogens (tertiary/aromatic N) is 3. The monoisotopic (exact) mass is 422 g/mol. The lowest BCUT2D eigenvalue weighted by atomic mass is 10.1. The molecule has 0 aliphatic heterocycles. The number of aromatic nitrogens is 3. The van der Waals surface area contributed by atoms with Gasteiger partial charge >= 0.3 is 0 Å². The molecule has 2 aromatic carbocycles. The third-order valence-electron chi connectivity index (χ3n) is 4.14. The SMILES string of the molecule is COc1ccccc1-n1c(-c2ccccc2)cnc1SCC(=O)Nc1nccs1. The summed E-state index contributed by atoms with van der Waals surface area (Å²) in [6, 6.07) is 17.8. The number of imidazole rings is 1. The van der Waals surface area contributed by atoms with Crippen molar-refractivity contribution in [2.24, 2.45) is 0 Å². The van der Waals surface area contributed by atoms with Gasteiger partial charge in [-0.25, -0.2) is 9.97 Å². The first kappa shape index (κ1) is 19.2. The third-order valence-corrected chi connectivity index (χ3v) is 5.78. The molecular formula is C21H18N4O2S2. The zero-order valence-corrected chi connectivity index (χ0v) is 17.2. The van der Waals surface area contributed by atoms with Crippen molar-refractivity contribution in [1.29, 1.82) is 0 Å². The molecule has 4 rings (SSSR count). The molecular weight excluding hydrogens is 404 g/mol.